The van der Waals surface area contributed by atoms with Crippen LogP contribution in [0.5, 0.6) is 0 Å². The van der Waals surface area contributed by atoms with Gasteiger partial charge in [0.15, 0.2) is 0 Å². The molecule has 1 aromatic rings. The average Bonchev–Trinajstić information content (AvgIpc) is 2.28. The number of ether oxygens (including phenoxy) is 1. The molecule has 0 aliphatic rings. The lowest BCUT2D eigenvalue weighted by molar-refractivity contribution is 0.173. The van der Waals surface area contributed by atoms with Gasteiger partial charge in [0.05, 0.1) is 11.5 Å². The molecular weight excluding hydrogens is 238 g/mol. The first kappa shape index (κ1) is 14.2. The van der Waals surface area contributed by atoms with Crippen molar-refractivity contribution in [3.05, 3.63) is 29.8 Å². The fourth-order valence-electron chi connectivity index (χ4n) is 1.44. The Balaban J connectivity index is 2.84. The van der Waals surface area contributed by atoms with Crippen LogP contribution >= 0.6 is 0 Å². The lowest BCUT2D eigenvalue weighted by atomic mass is 10.2. The highest BCUT2D eigenvalue weighted by Crippen LogP contribution is 2.11. The third-order valence-electron chi connectivity index (χ3n) is 2.51. The number of nitrogens with one attached hydrogen (secondary N) is 1. The first-order valence-corrected chi connectivity index (χ1v) is 7.06. The molecule has 0 spiro atoms. The normalized spacial score (nSPS) is 13.6. The molecule has 17 heavy (non-hydrogen) atoms. The second-order valence-electron chi connectivity index (χ2n) is 3.99. The average molecular weight is 257 g/mol. The monoisotopic (exact) mass is 257 g/mol. The highest BCUT2D eigenvalue weighted by molar-refractivity contribution is 7.89. The van der Waals surface area contributed by atoms with E-state index in [0.717, 1.165) is 5.56 Å². The number of hydrogen-bond acceptors (Lipinski definition) is 3. The second kappa shape index (κ2) is 6.14. The Kier molecular flexibility index (Phi) is 5.11. The minimum atomic E-state index is -3.44. The molecule has 0 saturated heterocycles. The summed E-state index contributed by atoms with van der Waals surface area (Å²) in [5.41, 5.74) is 1.04. The highest BCUT2D eigenvalue weighted by atomic mass is 32.2. The van der Waals surface area contributed by atoms with Gasteiger partial charge in [-0.3, -0.25) is 0 Å². The molecule has 1 N–H and O–H groups in total. The van der Waals surface area contributed by atoms with E-state index in [1.807, 2.05) is 13.8 Å². The number of aryl methyl sites for hydroxylation is 1. The van der Waals surface area contributed by atoms with Crippen LogP contribution in [0, 0.1) is 6.92 Å². The van der Waals surface area contributed by atoms with E-state index < -0.39 is 10.0 Å². The van der Waals surface area contributed by atoms with Crippen LogP contribution < -0.4 is 4.72 Å². The maximum Gasteiger partial charge on any atom is 0.240 e. The highest BCUT2D eigenvalue weighted by Gasteiger charge is 2.18. The van der Waals surface area contributed by atoms with E-state index in [9.17, 15) is 8.42 Å². The molecule has 0 aliphatic carbocycles. The number of rotatable bonds is 6. The largest absolute Gasteiger partial charge is 0.383 e. The molecule has 0 heterocycles. The standard InChI is InChI=1S/C12H19NO3S/c1-4-11(9-16-3)13-17(14,15)12-7-5-10(2)6-8-12/h5-8,11,13H,4,9H2,1-3H3/t11-/m0/s1. The maximum absolute atomic E-state index is 12.0. The summed E-state index contributed by atoms with van der Waals surface area (Å²) in [6.45, 7) is 4.21. The van der Waals surface area contributed by atoms with Crippen LogP contribution in [0.1, 0.15) is 18.9 Å². The second-order valence-corrected chi connectivity index (χ2v) is 5.71. The minimum absolute atomic E-state index is 0.189. The molecule has 0 aliphatic heterocycles. The topological polar surface area (TPSA) is 55.4 Å². The van der Waals surface area contributed by atoms with Crippen molar-refractivity contribution in [1.82, 2.24) is 4.72 Å². The summed E-state index contributed by atoms with van der Waals surface area (Å²) in [6, 6.07) is 6.60. The van der Waals surface area contributed by atoms with Gasteiger partial charge < -0.3 is 4.74 Å². The van der Waals surface area contributed by atoms with E-state index in [1.165, 1.54) is 0 Å². The molecule has 0 radical (unpaired) electrons. The van der Waals surface area contributed by atoms with Crippen molar-refractivity contribution >= 4 is 10.0 Å². The summed E-state index contributed by atoms with van der Waals surface area (Å²) in [5, 5.41) is 0. The first-order valence-electron chi connectivity index (χ1n) is 5.57. The summed E-state index contributed by atoms with van der Waals surface area (Å²) < 4.78 is 31.6. The van der Waals surface area contributed by atoms with E-state index in [2.05, 4.69) is 4.72 Å². The van der Waals surface area contributed by atoms with Crippen molar-refractivity contribution < 1.29 is 13.2 Å². The zero-order chi connectivity index (χ0) is 12.9. The van der Waals surface area contributed by atoms with Crippen molar-refractivity contribution in [3.63, 3.8) is 0 Å². The molecule has 5 heteroatoms. The van der Waals surface area contributed by atoms with Gasteiger partial charge >= 0.3 is 0 Å². The molecule has 1 atom stereocenters. The number of sulfonamides is 1. The molecule has 0 saturated carbocycles. The third-order valence-corrected chi connectivity index (χ3v) is 4.05. The summed E-state index contributed by atoms with van der Waals surface area (Å²) in [5.74, 6) is 0. The van der Waals surface area contributed by atoms with Gasteiger partial charge in [-0.15, -0.1) is 0 Å². The SMILES string of the molecule is CC[C@@H](COC)NS(=O)(=O)c1ccc(C)cc1. The molecule has 0 aromatic heterocycles. The molecule has 4 nitrogen and oxygen atoms in total. The fraction of sp³-hybridized carbons (Fsp3) is 0.500. The van der Waals surface area contributed by atoms with Crippen LogP contribution in [0.25, 0.3) is 0 Å². The molecule has 1 rings (SSSR count). The van der Waals surface area contributed by atoms with Crippen LogP contribution in [-0.4, -0.2) is 28.2 Å². The quantitative estimate of drug-likeness (QED) is 0.844. The lowest BCUT2D eigenvalue weighted by Gasteiger charge is -2.16. The zero-order valence-corrected chi connectivity index (χ0v) is 11.3. The Morgan fingerprint density at radius 3 is 2.35 bits per heavy atom. The van der Waals surface area contributed by atoms with Gasteiger partial charge in [-0.1, -0.05) is 24.6 Å². The summed E-state index contributed by atoms with van der Waals surface area (Å²) in [4.78, 5) is 0.289. The van der Waals surface area contributed by atoms with E-state index in [-0.39, 0.29) is 10.9 Å². The molecule has 0 amide bonds. The lowest BCUT2D eigenvalue weighted by Crippen LogP contribution is -2.37. The number of hydrogen-bond donors (Lipinski definition) is 1. The van der Waals surface area contributed by atoms with Crippen molar-refractivity contribution in [3.8, 4) is 0 Å². The minimum Gasteiger partial charge on any atom is -0.383 e. The van der Waals surface area contributed by atoms with Gasteiger partial charge in [0.1, 0.15) is 0 Å². The Morgan fingerprint density at radius 1 is 1.29 bits per heavy atom. The van der Waals surface area contributed by atoms with Crippen molar-refractivity contribution in [2.75, 3.05) is 13.7 Å². The molecule has 96 valence electrons. The fourth-order valence-corrected chi connectivity index (χ4v) is 2.75. The Bertz CT molecular complexity index is 439. The predicted octanol–water partition coefficient (Wildman–Crippen LogP) is 1.70. The van der Waals surface area contributed by atoms with Gasteiger partial charge in [0.2, 0.25) is 10.0 Å². The molecule has 1 aromatic carbocycles. The molecular formula is C12H19NO3S. The summed E-state index contributed by atoms with van der Waals surface area (Å²) in [6.07, 6.45) is 0.693. The van der Waals surface area contributed by atoms with Gasteiger partial charge in [-0.25, -0.2) is 13.1 Å². The summed E-state index contributed by atoms with van der Waals surface area (Å²) in [7, 11) is -1.88. The predicted molar refractivity (Wildman–Crippen MR) is 67.5 cm³/mol. The third kappa shape index (κ3) is 4.11. The Labute approximate surface area is 103 Å². The number of benzene rings is 1. The van der Waals surface area contributed by atoms with Crippen LogP contribution in [0.3, 0.4) is 0 Å². The first-order chi connectivity index (χ1) is 7.99. The maximum atomic E-state index is 12.0. The van der Waals surface area contributed by atoms with Crippen LogP contribution in [0.15, 0.2) is 29.2 Å². The molecule has 0 bridgehead atoms. The van der Waals surface area contributed by atoms with E-state index in [1.54, 1.807) is 31.4 Å². The van der Waals surface area contributed by atoms with Crippen molar-refractivity contribution in [1.29, 1.82) is 0 Å². The Morgan fingerprint density at radius 2 is 1.88 bits per heavy atom. The van der Waals surface area contributed by atoms with Gasteiger partial charge in [0, 0.05) is 13.2 Å². The number of methoxy groups -OCH3 is 1. The molecule has 0 fully saturated rings. The van der Waals surface area contributed by atoms with Crippen LogP contribution in [0.2, 0.25) is 0 Å². The smallest absolute Gasteiger partial charge is 0.240 e. The van der Waals surface area contributed by atoms with E-state index in [4.69, 9.17) is 4.74 Å². The molecule has 0 unspecified atom stereocenters. The van der Waals surface area contributed by atoms with E-state index in [0.29, 0.717) is 13.0 Å². The zero-order valence-electron chi connectivity index (χ0n) is 10.4. The van der Waals surface area contributed by atoms with Crippen molar-refractivity contribution in [2.24, 2.45) is 0 Å². The Hall–Kier alpha value is -0.910. The van der Waals surface area contributed by atoms with E-state index >= 15 is 0 Å². The van der Waals surface area contributed by atoms with Crippen LogP contribution in [-0.2, 0) is 14.8 Å². The van der Waals surface area contributed by atoms with Gasteiger partial charge in [-0.2, -0.15) is 0 Å². The van der Waals surface area contributed by atoms with Gasteiger partial charge in [-0.05, 0) is 25.5 Å². The summed E-state index contributed by atoms with van der Waals surface area (Å²) >= 11 is 0. The van der Waals surface area contributed by atoms with Gasteiger partial charge in [0.25, 0.3) is 0 Å². The van der Waals surface area contributed by atoms with Crippen molar-refractivity contribution in [2.45, 2.75) is 31.2 Å². The van der Waals surface area contributed by atoms with Crippen LogP contribution in [0.4, 0.5) is 0 Å².